The number of carbonyl (C=O) groups excluding carboxylic acids is 1. The molecule has 2 heterocycles. The maximum absolute atomic E-state index is 12.2. The molecule has 1 aromatic heterocycles. The summed E-state index contributed by atoms with van der Waals surface area (Å²) in [6, 6.07) is 8.83. The van der Waals surface area contributed by atoms with E-state index >= 15 is 0 Å². The fourth-order valence-corrected chi connectivity index (χ4v) is 3.13. The number of H-pyrrole nitrogens is 1. The highest BCUT2D eigenvalue weighted by molar-refractivity contribution is 5.94. The van der Waals surface area contributed by atoms with Crippen molar-refractivity contribution in [2.24, 2.45) is 0 Å². The second kappa shape index (κ2) is 8.07. The van der Waals surface area contributed by atoms with E-state index in [1.54, 1.807) is 30.3 Å². The predicted molar refractivity (Wildman–Crippen MR) is 97.7 cm³/mol. The van der Waals surface area contributed by atoms with Crippen molar-refractivity contribution in [3.8, 4) is 11.1 Å². The number of likely N-dealkylation sites (tertiary alicyclic amines) is 1. The molecule has 1 aliphatic heterocycles. The lowest BCUT2D eigenvalue weighted by molar-refractivity contribution is 0.0946. The number of amides is 1. The molecule has 1 saturated heterocycles. The van der Waals surface area contributed by atoms with Crippen LogP contribution in [0.5, 0.6) is 0 Å². The molecule has 2 aromatic rings. The maximum atomic E-state index is 12.2. The van der Waals surface area contributed by atoms with Crippen LogP contribution in [0.2, 0.25) is 0 Å². The number of rotatable bonds is 5. The van der Waals surface area contributed by atoms with Crippen molar-refractivity contribution in [2.75, 3.05) is 26.2 Å². The molecular weight excluding hydrogens is 316 g/mol. The van der Waals surface area contributed by atoms with Gasteiger partial charge in [0.25, 0.3) is 11.5 Å². The molecule has 1 fully saturated rings. The van der Waals surface area contributed by atoms with Gasteiger partial charge in [-0.05, 0) is 56.6 Å². The largest absolute Gasteiger partial charge is 0.351 e. The second-order valence-corrected chi connectivity index (χ2v) is 6.49. The Balaban J connectivity index is 1.58. The molecular formula is C19H24N4O2. The SMILES string of the molecule is Cc1cc(-c2ccc(C(=O)NCCN3CCCCC3)cc2)c(=O)[nH]n1. The third kappa shape index (κ3) is 4.54. The van der Waals surface area contributed by atoms with E-state index in [0.29, 0.717) is 17.7 Å². The van der Waals surface area contributed by atoms with E-state index in [0.717, 1.165) is 30.9 Å². The number of benzene rings is 1. The molecule has 1 amide bonds. The molecule has 0 atom stereocenters. The number of aryl methyl sites for hydroxylation is 1. The highest BCUT2D eigenvalue weighted by Crippen LogP contribution is 2.16. The van der Waals surface area contributed by atoms with Crippen LogP contribution in [-0.2, 0) is 0 Å². The summed E-state index contributed by atoms with van der Waals surface area (Å²) < 4.78 is 0. The molecule has 0 unspecified atom stereocenters. The van der Waals surface area contributed by atoms with Gasteiger partial charge in [-0.3, -0.25) is 9.59 Å². The minimum absolute atomic E-state index is 0.0802. The van der Waals surface area contributed by atoms with E-state index < -0.39 is 0 Å². The van der Waals surface area contributed by atoms with Gasteiger partial charge < -0.3 is 10.2 Å². The topological polar surface area (TPSA) is 78.1 Å². The normalized spacial score (nSPS) is 15.1. The van der Waals surface area contributed by atoms with Gasteiger partial charge in [-0.15, -0.1) is 0 Å². The first-order chi connectivity index (χ1) is 12.1. The van der Waals surface area contributed by atoms with Crippen LogP contribution in [-0.4, -0.2) is 47.2 Å². The minimum Gasteiger partial charge on any atom is -0.351 e. The van der Waals surface area contributed by atoms with Gasteiger partial charge in [0.15, 0.2) is 0 Å². The minimum atomic E-state index is -0.232. The van der Waals surface area contributed by atoms with Gasteiger partial charge in [0, 0.05) is 18.7 Å². The van der Waals surface area contributed by atoms with Gasteiger partial charge in [0.05, 0.1) is 11.3 Å². The summed E-state index contributed by atoms with van der Waals surface area (Å²) in [5.74, 6) is -0.0802. The van der Waals surface area contributed by atoms with Crippen molar-refractivity contribution in [1.82, 2.24) is 20.4 Å². The molecule has 2 N–H and O–H groups in total. The highest BCUT2D eigenvalue weighted by atomic mass is 16.1. The first-order valence-electron chi connectivity index (χ1n) is 8.81. The van der Waals surface area contributed by atoms with E-state index in [1.807, 2.05) is 6.92 Å². The fraction of sp³-hybridized carbons (Fsp3) is 0.421. The van der Waals surface area contributed by atoms with Crippen LogP contribution in [0.3, 0.4) is 0 Å². The number of nitrogens with one attached hydrogen (secondary N) is 2. The van der Waals surface area contributed by atoms with E-state index in [4.69, 9.17) is 0 Å². The zero-order valence-corrected chi connectivity index (χ0v) is 14.5. The van der Waals surface area contributed by atoms with Crippen LogP contribution in [0.15, 0.2) is 35.1 Å². The van der Waals surface area contributed by atoms with Gasteiger partial charge in [0.2, 0.25) is 0 Å². The van der Waals surface area contributed by atoms with Crippen LogP contribution >= 0.6 is 0 Å². The van der Waals surface area contributed by atoms with E-state index in [2.05, 4.69) is 20.4 Å². The van der Waals surface area contributed by atoms with Crippen molar-refractivity contribution < 1.29 is 4.79 Å². The molecule has 0 bridgehead atoms. The molecule has 0 aliphatic carbocycles. The summed E-state index contributed by atoms with van der Waals surface area (Å²) >= 11 is 0. The number of carbonyl (C=O) groups is 1. The van der Waals surface area contributed by atoms with Crippen molar-refractivity contribution in [3.05, 3.63) is 51.9 Å². The first kappa shape index (κ1) is 17.4. The first-order valence-corrected chi connectivity index (χ1v) is 8.81. The maximum Gasteiger partial charge on any atom is 0.272 e. The number of hydrogen-bond acceptors (Lipinski definition) is 4. The van der Waals surface area contributed by atoms with Gasteiger partial charge in [-0.1, -0.05) is 18.6 Å². The average molecular weight is 340 g/mol. The number of hydrogen-bond donors (Lipinski definition) is 2. The third-order valence-corrected chi connectivity index (χ3v) is 4.55. The smallest absolute Gasteiger partial charge is 0.272 e. The quantitative estimate of drug-likeness (QED) is 0.872. The van der Waals surface area contributed by atoms with Crippen LogP contribution in [0.1, 0.15) is 35.3 Å². The Morgan fingerprint density at radius 1 is 1.20 bits per heavy atom. The Hall–Kier alpha value is -2.47. The van der Waals surface area contributed by atoms with Gasteiger partial charge >= 0.3 is 0 Å². The Kier molecular flexibility index (Phi) is 5.60. The fourth-order valence-electron chi connectivity index (χ4n) is 3.13. The molecule has 6 nitrogen and oxygen atoms in total. The molecule has 3 rings (SSSR count). The van der Waals surface area contributed by atoms with E-state index in [9.17, 15) is 9.59 Å². The molecule has 6 heteroatoms. The lowest BCUT2D eigenvalue weighted by Gasteiger charge is -2.26. The van der Waals surface area contributed by atoms with Gasteiger partial charge in [0.1, 0.15) is 0 Å². The van der Waals surface area contributed by atoms with Crippen molar-refractivity contribution in [3.63, 3.8) is 0 Å². The summed E-state index contributed by atoms with van der Waals surface area (Å²) in [7, 11) is 0. The lowest BCUT2D eigenvalue weighted by Crippen LogP contribution is -2.37. The molecule has 1 aliphatic rings. The Labute approximate surface area is 147 Å². The summed E-state index contributed by atoms with van der Waals surface area (Å²) in [5, 5.41) is 9.32. The molecule has 0 radical (unpaired) electrons. The van der Waals surface area contributed by atoms with Crippen LogP contribution < -0.4 is 10.9 Å². The lowest BCUT2D eigenvalue weighted by atomic mass is 10.0. The average Bonchev–Trinajstić information content (AvgIpc) is 2.65. The summed E-state index contributed by atoms with van der Waals surface area (Å²) in [6.07, 6.45) is 3.82. The van der Waals surface area contributed by atoms with Gasteiger partial charge in [-0.2, -0.15) is 5.10 Å². The number of aromatic amines is 1. The second-order valence-electron chi connectivity index (χ2n) is 6.49. The monoisotopic (exact) mass is 340 g/mol. The molecule has 132 valence electrons. The Morgan fingerprint density at radius 3 is 2.64 bits per heavy atom. The number of nitrogens with zero attached hydrogens (tertiary/aromatic N) is 2. The molecule has 1 aromatic carbocycles. The zero-order chi connectivity index (χ0) is 17.6. The molecule has 0 spiro atoms. The summed E-state index contributed by atoms with van der Waals surface area (Å²) in [4.78, 5) is 26.5. The van der Waals surface area contributed by atoms with Gasteiger partial charge in [-0.25, -0.2) is 5.10 Å². The third-order valence-electron chi connectivity index (χ3n) is 4.55. The Bertz CT molecular complexity index is 777. The summed E-state index contributed by atoms with van der Waals surface area (Å²) in [5.41, 5.74) is 2.45. The van der Waals surface area contributed by atoms with Crippen molar-refractivity contribution >= 4 is 5.91 Å². The van der Waals surface area contributed by atoms with Crippen LogP contribution in [0.25, 0.3) is 11.1 Å². The highest BCUT2D eigenvalue weighted by Gasteiger charge is 2.11. The van der Waals surface area contributed by atoms with Crippen LogP contribution in [0, 0.1) is 6.92 Å². The standard InChI is InChI=1S/C19H24N4O2/c1-14-13-17(19(25)22-21-14)15-5-7-16(8-6-15)18(24)20-9-12-23-10-3-2-4-11-23/h5-8,13H,2-4,9-12H2,1H3,(H,20,24)(H,22,25). The van der Waals surface area contributed by atoms with E-state index in [1.165, 1.54) is 19.3 Å². The van der Waals surface area contributed by atoms with Crippen LogP contribution in [0.4, 0.5) is 0 Å². The van der Waals surface area contributed by atoms with Crippen molar-refractivity contribution in [2.45, 2.75) is 26.2 Å². The number of aromatic nitrogens is 2. The van der Waals surface area contributed by atoms with E-state index in [-0.39, 0.29) is 11.5 Å². The number of piperidine rings is 1. The predicted octanol–water partition coefficient (Wildman–Crippen LogP) is 1.96. The summed E-state index contributed by atoms with van der Waals surface area (Å²) in [6.45, 7) is 5.64. The Morgan fingerprint density at radius 2 is 1.92 bits per heavy atom. The zero-order valence-electron chi connectivity index (χ0n) is 14.5. The van der Waals surface area contributed by atoms with Crippen molar-refractivity contribution in [1.29, 1.82) is 0 Å². The molecule has 25 heavy (non-hydrogen) atoms. The molecule has 0 saturated carbocycles.